The highest BCUT2D eigenvalue weighted by Crippen LogP contribution is 2.25. The third-order valence-corrected chi connectivity index (χ3v) is 4.87. The van der Waals surface area contributed by atoms with Crippen molar-refractivity contribution in [3.63, 3.8) is 0 Å². The molecule has 0 N–H and O–H groups in total. The van der Waals surface area contributed by atoms with Gasteiger partial charge < -0.3 is 9.47 Å². The van der Waals surface area contributed by atoms with Crippen LogP contribution in [0.4, 0.5) is 0 Å². The molecule has 28 heavy (non-hydrogen) atoms. The lowest BCUT2D eigenvalue weighted by molar-refractivity contribution is 0.0792. The van der Waals surface area contributed by atoms with Gasteiger partial charge >= 0.3 is 0 Å². The first-order valence-electron chi connectivity index (χ1n) is 9.17. The molecule has 4 aromatic rings. The van der Waals surface area contributed by atoms with E-state index >= 15 is 0 Å². The van der Waals surface area contributed by atoms with Gasteiger partial charge in [-0.25, -0.2) is 9.97 Å². The summed E-state index contributed by atoms with van der Waals surface area (Å²) in [6.45, 7) is 3.25. The van der Waals surface area contributed by atoms with Crippen LogP contribution in [-0.4, -0.2) is 43.9 Å². The van der Waals surface area contributed by atoms with Crippen LogP contribution >= 0.6 is 0 Å². The second-order valence-electron chi connectivity index (χ2n) is 6.70. The van der Waals surface area contributed by atoms with Gasteiger partial charge in [-0.1, -0.05) is 18.2 Å². The molecule has 1 amide bonds. The van der Waals surface area contributed by atoms with Crippen molar-refractivity contribution in [3.8, 4) is 11.3 Å². The number of fused-ring (bicyclic) bond motifs is 1. The van der Waals surface area contributed by atoms with Gasteiger partial charge in [-0.15, -0.1) is 0 Å². The molecule has 0 spiro atoms. The molecular formula is C22H21N5O. The number of carbonyl (C=O) groups excluding carboxylic acids is 1. The van der Waals surface area contributed by atoms with E-state index < -0.39 is 0 Å². The lowest BCUT2D eigenvalue weighted by Gasteiger charge is -2.19. The molecule has 0 aliphatic heterocycles. The number of pyridine rings is 2. The fraction of sp³-hybridized carbons (Fsp3) is 0.182. The summed E-state index contributed by atoms with van der Waals surface area (Å²) in [5.41, 5.74) is 3.16. The quantitative estimate of drug-likeness (QED) is 0.538. The first kappa shape index (κ1) is 17.9. The normalized spacial score (nSPS) is 10.9. The minimum Gasteiger partial charge on any atom is -0.340 e. The number of hydrogen-bond acceptors (Lipinski definition) is 4. The zero-order valence-corrected chi connectivity index (χ0v) is 15.9. The SMILES string of the molecule is Cc1nccn1CCN(C)C(=O)c1cc(-c2ccncc2)nc2ccccc12. The van der Waals surface area contributed by atoms with E-state index in [2.05, 4.69) is 9.97 Å². The lowest BCUT2D eigenvalue weighted by Crippen LogP contribution is -2.30. The van der Waals surface area contributed by atoms with Crippen molar-refractivity contribution < 1.29 is 4.79 Å². The Balaban J connectivity index is 1.68. The highest BCUT2D eigenvalue weighted by molar-refractivity contribution is 6.07. The maximum atomic E-state index is 13.2. The average molecular weight is 371 g/mol. The minimum absolute atomic E-state index is 0.0216. The van der Waals surface area contributed by atoms with Crippen LogP contribution in [0.15, 0.2) is 67.3 Å². The summed E-state index contributed by atoms with van der Waals surface area (Å²) in [6, 6.07) is 13.4. The molecule has 3 heterocycles. The molecule has 0 fully saturated rings. The Labute approximate surface area is 163 Å². The fourth-order valence-electron chi connectivity index (χ4n) is 3.23. The first-order valence-corrected chi connectivity index (χ1v) is 9.17. The van der Waals surface area contributed by atoms with Gasteiger partial charge in [-0.3, -0.25) is 9.78 Å². The second kappa shape index (κ2) is 7.60. The number of carbonyl (C=O) groups is 1. The van der Waals surface area contributed by atoms with E-state index in [1.165, 1.54) is 0 Å². The topological polar surface area (TPSA) is 63.9 Å². The van der Waals surface area contributed by atoms with Crippen LogP contribution in [0.3, 0.4) is 0 Å². The molecule has 3 aromatic heterocycles. The van der Waals surface area contributed by atoms with Crippen LogP contribution in [0.1, 0.15) is 16.2 Å². The van der Waals surface area contributed by atoms with Crippen molar-refractivity contribution in [2.75, 3.05) is 13.6 Å². The molecule has 0 unspecified atom stereocenters. The van der Waals surface area contributed by atoms with E-state index in [4.69, 9.17) is 4.98 Å². The molecule has 140 valence electrons. The summed E-state index contributed by atoms with van der Waals surface area (Å²) < 4.78 is 2.04. The Bertz CT molecular complexity index is 1120. The van der Waals surface area contributed by atoms with Gasteiger partial charge in [0.05, 0.1) is 16.8 Å². The molecule has 0 saturated heterocycles. The molecule has 0 radical (unpaired) electrons. The number of para-hydroxylation sites is 1. The van der Waals surface area contributed by atoms with E-state index in [0.717, 1.165) is 28.0 Å². The number of aromatic nitrogens is 4. The average Bonchev–Trinajstić information content (AvgIpc) is 3.16. The number of likely N-dealkylation sites (N-methyl/N-ethyl adjacent to an activating group) is 1. The largest absolute Gasteiger partial charge is 0.340 e. The first-order chi connectivity index (χ1) is 13.6. The number of amides is 1. The maximum Gasteiger partial charge on any atom is 0.254 e. The van der Waals surface area contributed by atoms with E-state index in [1.807, 2.05) is 67.2 Å². The van der Waals surface area contributed by atoms with Crippen LogP contribution in [0.5, 0.6) is 0 Å². The monoisotopic (exact) mass is 371 g/mol. The number of hydrogen-bond donors (Lipinski definition) is 0. The lowest BCUT2D eigenvalue weighted by atomic mass is 10.0. The van der Waals surface area contributed by atoms with Crippen LogP contribution in [0, 0.1) is 6.92 Å². The predicted molar refractivity (Wildman–Crippen MR) is 109 cm³/mol. The van der Waals surface area contributed by atoms with Crippen LogP contribution in [-0.2, 0) is 6.54 Å². The van der Waals surface area contributed by atoms with Crippen molar-refractivity contribution in [2.45, 2.75) is 13.5 Å². The predicted octanol–water partition coefficient (Wildman–Crippen LogP) is 3.57. The molecule has 0 bridgehead atoms. The highest BCUT2D eigenvalue weighted by Gasteiger charge is 2.17. The Hall–Kier alpha value is -3.54. The molecular weight excluding hydrogens is 350 g/mol. The summed E-state index contributed by atoms with van der Waals surface area (Å²) in [5, 5.41) is 0.857. The van der Waals surface area contributed by atoms with Crippen LogP contribution in [0.2, 0.25) is 0 Å². The Morgan fingerprint density at radius 1 is 1.11 bits per heavy atom. The van der Waals surface area contributed by atoms with Gasteiger partial charge in [-0.2, -0.15) is 0 Å². The highest BCUT2D eigenvalue weighted by atomic mass is 16.2. The van der Waals surface area contributed by atoms with Gasteiger partial charge in [0.2, 0.25) is 0 Å². The van der Waals surface area contributed by atoms with E-state index in [0.29, 0.717) is 18.7 Å². The number of aryl methyl sites for hydroxylation is 1. The number of benzene rings is 1. The standard InChI is InChI=1S/C22H21N5O/c1-16-24-11-12-27(16)14-13-26(2)22(28)19-15-21(17-7-9-23-10-8-17)25-20-6-4-3-5-18(19)20/h3-12,15H,13-14H2,1-2H3. The van der Waals surface area contributed by atoms with Crippen LogP contribution in [0.25, 0.3) is 22.2 Å². The van der Waals surface area contributed by atoms with Crippen molar-refractivity contribution >= 4 is 16.8 Å². The summed E-state index contributed by atoms with van der Waals surface area (Å²) in [6.07, 6.45) is 7.16. The molecule has 0 aliphatic carbocycles. The number of rotatable bonds is 5. The molecule has 4 rings (SSSR count). The van der Waals surface area contributed by atoms with Gasteiger partial charge in [0.15, 0.2) is 0 Å². The third-order valence-electron chi connectivity index (χ3n) is 4.87. The Morgan fingerprint density at radius 3 is 2.64 bits per heavy atom. The molecule has 6 nitrogen and oxygen atoms in total. The van der Waals surface area contributed by atoms with Crippen molar-refractivity contribution in [2.24, 2.45) is 0 Å². The Morgan fingerprint density at radius 2 is 1.89 bits per heavy atom. The van der Waals surface area contributed by atoms with Gasteiger partial charge in [0, 0.05) is 55.9 Å². The van der Waals surface area contributed by atoms with Crippen molar-refractivity contribution in [1.82, 2.24) is 24.4 Å². The zero-order valence-electron chi connectivity index (χ0n) is 15.9. The van der Waals surface area contributed by atoms with Gasteiger partial charge in [-0.05, 0) is 31.2 Å². The van der Waals surface area contributed by atoms with Crippen LogP contribution < -0.4 is 0 Å². The fourth-order valence-corrected chi connectivity index (χ4v) is 3.23. The molecule has 0 saturated carbocycles. The summed E-state index contributed by atoms with van der Waals surface area (Å²) in [4.78, 5) is 28.0. The van der Waals surface area contributed by atoms with E-state index in [-0.39, 0.29) is 5.91 Å². The maximum absolute atomic E-state index is 13.2. The smallest absolute Gasteiger partial charge is 0.254 e. The number of nitrogens with zero attached hydrogens (tertiary/aromatic N) is 5. The summed E-state index contributed by atoms with van der Waals surface area (Å²) in [5.74, 6) is 0.918. The minimum atomic E-state index is -0.0216. The molecule has 0 atom stereocenters. The van der Waals surface area contributed by atoms with E-state index in [9.17, 15) is 4.79 Å². The molecule has 6 heteroatoms. The zero-order chi connectivity index (χ0) is 19.5. The van der Waals surface area contributed by atoms with E-state index in [1.54, 1.807) is 23.5 Å². The molecule has 1 aromatic carbocycles. The van der Waals surface area contributed by atoms with Crippen molar-refractivity contribution in [1.29, 1.82) is 0 Å². The summed E-state index contributed by atoms with van der Waals surface area (Å²) in [7, 11) is 1.83. The number of imidazole rings is 1. The third kappa shape index (κ3) is 3.49. The van der Waals surface area contributed by atoms with Gasteiger partial charge in [0.25, 0.3) is 5.91 Å². The Kier molecular flexibility index (Phi) is 4.85. The van der Waals surface area contributed by atoms with Gasteiger partial charge in [0.1, 0.15) is 5.82 Å². The second-order valence-corrected chi connectivity index (χ2v) is 6.70. The molecule has 0 aliphatic rings. The van der Waals surface area contributed by atoms with Crippen molar-refractivity contribution in [3.05, 3.63) is 78.6 Å². The summed E-state index contributed by atoms with van der Waals surface area (Å²) >= 11 is 0.